The first-order valence-corrected chi connectivity index (χ1v) is 11.6. The van der Waals surface area contributed by atoms with Gasteiger partial charge in [-0.15, -0.1) is 35.3 Å². The number of guanidine groups is 1. The van der Waals surface area contributed by atoms with Gasteiger partial charge in [-0.3, -0.25) is 4.99 Å². The summed E-state index contributed by atoms with van der Waals surface area (Å²) < 4.78 is 10.9. The Bertz CT molecular complexity index is 839. The van der Waals surface area contributed by atoms with Crippen molar-refractivity contribution in [3.63, 3.8) is 0 Å². The molecule has 0 spiro atoms. The van der Waals surface area contributed by atoms with E-state index in [1.807, 2.05) is 30.5 Å². The van der Waals surface area contributed by atoms with Crippen molar-refractivity contribution >= 4 is 46.3 Å². The standard InChI is InChI=1S/C23H35N5O2S.HI/c1-24-23(26-18-10-12-28(13-11-18)22-7-6-14-31-22)25-16-19(27(2)3)17-8-9-20(29-4)21(15-17)30-5;/h6-9,14-15,18-19H,10-13,16H2,1-5H3,(H2,24,25,26);1H. The van der Waals surface area contributed by atoms with Crippen molar-refractivity contribution in [2.75, 3.05) is 59.9 Å². The molecule has 1 aliphatic heterocycles. The van der Waals surface area contributed by atoms with Gasteiger partial charge in [-0.2, -0.15) is 0 Å². The number of halogens is 1. The Morgan fingerprint density at radius 1 is 1.19 bits per heavy atom. The molecule has 2 heterocycles. The Balaban J connectivity index is 0.00000363. The average Bonchev–Trinajstić information content (AvgIpc) is 3.33. The van der Waals surface area contributed by atoms with E-state index < -0.39 is 0 Å². The summed E-state index contributed by atoms with van der Waals surface area (Å²) in [5.74, 6) is 2.33. The Morgan fingerprint density at radius 3 is 2.47 bits per heavy atom. The van der Waals surface area contributed by atoms with Crippen molar-refractivity contribution in [2.45, 2.75) is 24.9 Å². The van der Waals surface area contributed by atoms with Crippen molar-refractivity contribution in [3.05, 3.63) is 41.3 Å². The first-order valence-electron chi connectivity index (χ1n) is 10.7. The molecule has 1 aromatic heterocycles. The number of anilines is 1. The van der Waals surface area contributed by atoms with Crippen LogP contribution in [0.2, 0.25) is 0 Å². The van der Waals surface area contributed by atoms with Crippen LogP contribution in [0.25, 0.3) is 0 Å². The molecular weight excluding hydrogens is 537 g/mol. The van der Waals surface area contributed by atoms with Crippen molar-refractivity contribution in [3.8, 4) is 11.5 Å². The van der Waals surface area contributed by atoms with E-state index in [0.717, 1.165) is 55.5 Å². The summed E-state index contributed by atoms with van der Waals surface area (Å²) in [7, 11) is 9.32. The van der Waals surface area contributed by atoms with E-state index in [1.165, 1.54) is 5.00 Å². The van der Waals surface area contributed by atoms with E-state index in [4.69, 9.17) is 9.47 Å². The van der Waals surface area contributed by atoms with Gasteiger partial charge in [0.2, 0.25) is 0 Å². The number of piperidine rings is 1. The van der Waals surface area contributed by atoms with Gasteiger partial charge in [-0.1, -0.05) is 6.07 Å². The highest BCUT2D eigenvalue weighted by molar-refractivity contribution is 14.0. The largest absolute Gasteiger partial charge is 0.493 e. The average molecular weight is 574 g/mol. The summed E-state index contributed by atoms with van der Waals surface area (Å²) in [5, 5.41) is 10.6. The number of likely N-dealkylation sites (N-methyl/N-ethyl adjacent to an activating group) is 1. The van der Waals surface area contributed by atoms with Gasteiger partial charge in [0.05, 0.1) is 25.3 Å². The molecule has 1 unspecified atom stereocenters. The summed E-state index contributed by atoms with van der Waals surface area (Å²) in [4.78, 5) is 9.12. The number of hydrogen-bond acceptors (Lipinski definition) is 6. The maximum atomic E-state index is 5.49. The normalized spacial score (nSPS) is 15.8. The Hall–Kier alpha value is -1.72. The van der Waals surface area contributed by atoms with E-state index in [0.29, 0.717) is 6.04 Å². The molecule has 0 amide bonds. The molecular formula is C23H36IN5O2S. The minimum absolute atomic E-state index is 0. The van der Waals surface area contributed by atoms with Crippen LogP contribution in [0, 0.1) is 0 Å². The third kappa shape index (κ3) is 6.89. The molecule has 178 valence electrons. The highest BCUT2D eigenvalue weighted by Crippen LogP contribution is 2.31. The second-order valence-corrected chi connectivity index (χ2v) is 8.83. The first kappa shape index (κ1) is 26.5. The van der Waals surface area contributed by atoms with Crippen LogP contribution in [0.15, 0.2) is 40.7 Å². The van der Waals surface area contributed by atoms with Gasteiger partial charge < -0.3 is 29.9 Å². The van der Waals surface area contributed by atoms with Crippen LogP contribution >= 0.6 is 35.3 Å². The van der Waals surface area contributed by atoms with Crippen LogP contribution in [0.4, 0.5) is 5.00 Å². The van der Waals surface area contributed by atoms with Crippen molar-refractivity contribution in [1.29, 1.82) is 0 Å². The van der Waals surface area contributed by atoms with Crippen molar-refractivity contribution < 1.29 is 9.47 Å². The van der Waals surface area contributed by atoms with Crippen molar-refractivity contribution in [1.82, 2.24) is 15.5 Å². The summed E-state index contributed by atoms with van der Waals surface area (Å²) in [5.41, 5.74) is 1.16. The molecule has 3 rings (SSSR count). The Morgan fingerprint density at radius 2 is 1.91 bits per heavy atom. The van der Waals surface area contributed by atoms with Crippen LogP contribution in [0.3, 0.4) is 0 Å². The molecule has 1 aliphatic rings. The minimum Gasteiger partial charge on any atom is -0.493 e. The fourth-order valence-electron chi connectivity index (χ4n) is 3.93. The maximum absolute atomic E-state index is 5.49. The van der Waals surface area contributed by atoms with Crippen molar-refractivity contribution in [2.24, 2.45) is 4.99 Å². The molecule has 2 N–H and O–H groups in total. The summed E-state index contributed by atoms with van der Waals surface area (Å²) >= 11 is 1.81. The molecule has 1 aromatic carbocycles. The molecule has 0 radical (unpaired) electrons. The predicted molar refractivity (Wildman–Crippen MR) is 145 cm³/mol. The lowest BCUT2D eigenvalue weighted by atomic mass is 10.0. The number of hydrogen-bond donors (Lipinski definition) is 2. The lowest BCUT2D eigenvalue weighted by Gasteiger charge is -2.34. The highest BCUT2D eigenvalue weighted by Gasteiger charge is 2.22. The molecule has 1 saturated heterocycles. The van der Waals surface area contributed by atoms with Gasteiger partial charge in [0, 0.05) is 32.7 Å². The zero-order chi connectivity index (χ0) is 22.2. The molecule has 32 heavy (non-hydrogen) atoms. The fourth-order valence-corrected chi connectivity index (χ4v) is 4.72. The van der Waals surface area contributed by atoms with Gasteiger partial charge in [0.1, 0.15) is 0 Å². The molecule has 1 fully saturated rings. The molecule has 0 aliphatic carbocycles. The van der Waals surface area contributed by atoms with Crippen LogP contribution in [-0.4, -0.2) is 71.9 Å². The second kappa shape index (κ2) is 13.1. The van der Waals surface area contributed by atoms with Crippen LogP contribution < -0.4 is 25.0 Å². The molecule has 2 aromatic rings. The Labute approximate surface area is 213 Å². The minimum atomic E-state index is 0. The first-order chi connectivity index (χ1) is 15.0. The van der Waals surface area contributed by atoms with Gasteiger partial charge in [-0.05, 0) is 62.1 Å². The van der Waals surface area contributed by atoms with Gasteiger partial charge >= 0.3 is 0 Å². The molecule has 9 heteroatoms. The van der Waals surface area contributed by atoms with E-state index in [-0.39, 0.29) is 30.0 Å². The molecule has 0 bridgehead atoms. The van der Waals surface area contributed by atoms with Crippen LogP contribution in [0.1, 0.15) is 24.4 Å². The van der Waals surface area contributed by atoms with E-state index in [2.05, 4.69) is 63.1 Å². The third-order valence-corrected chi connectivity index (χ3v) is 6.68. The maximum Gasteiger partial charge on any atom is 0.191 e. The monoisotopic (exact) mass is 573 g/mol. The number of benzene rings is 1. The fraction of sp³-hybridized carbons (Fsp3) is 0.522. The van der Waals surface area contributed by atoms with E-state index in [9.17, 15) is 0 Å². The number of thiophene rings is 1. The van der Waals surface area contributed by atoms with E-state index in [1.54, 1.807) is 14.2 Å². The summed E-state index contributed by atoms with van der Waals surface area (Å²) in [6.45, 7) is 2.87. The highest BCUT2D eigenvalue weighted by atomic mass is 127. The van der Waals surface area contributed by atoms with Crippen LogP contribution in [-0.2, 0) is 0 Å². The number of ether oxygens (including phenoxy) is 2. The summed E-state index contributed by atoms with van der Waals surface area (Å²) in [6.07, 6.45) is 2.21. The molecule has 1 atom stereocenters. The number of methoxy groups -OCH3 is 2. The quantitative estimate of drug-likeness (QED) is 0.285. The second-order valence-electron chi connectivity index (χ2n) is 7.90. The van der Waals surface area contributed by atoms with Crippen LogP contribution in [0.5, 0.6) is 11.5 Å². The van der Waals surface area contributed by atoms with E-state index >= 15 is 0 Å². The predicted octanol–water partition coefficient (Wildman–Crippen LogP) is 3.82. The van der Waals surface area contributed by atoms with Gasteiger partial charge in [-0.25, -0.2) is 0 Å². The SMILES string of the molecule is CN=C(NCC(c1ccc(OC)c(OC)c1)N(C)C)NC1CCN(c2cccs2)CC1.I. The lowest BCUT2D eigenvalue weighted by Crippen LogP contribution is -2.49. The van der Waals surface area contributed by atoms with Gasteiger partial charge in [0.15, 0.2) is 17.5 Å². The topological polar surface area (TPSA) is 61.4 Å². The third-order valence-electron chi connectivity index (χ3n) is 5.76. The number of aliphatic imine (C=N–C) groups is 1. The Kier molecular flexibility index (Phi) is 10.9. The number of rotatable bonds is 8. The number of nitrogens with zero attached hydrogens (tertiary/aromatic N) is 3. The summed E-state index contributed by atoms with van der Waals surface area (Å²) in [6, 6.07) is 11.0. The molecule has 7 nitrogen and oxygen atoms in total. The number of nitrogens with one attached hydrogen (secondary N) is 2. The zero-order valence-corrected chi connectivity index (χ0v) is 22.8. The van der Waals surface area contributed by atoms with Gasteiger partial charge in [0.25, 0.3) is 0 Å². The zero-order valence-electron chi connectivity index (χ0n) is 19.6. The molecule has 0 saturated carbocycles. The lowest BCUT2D eigenvalue weighted by molar-refractivity contribution is 0.295. The smallest absolute Gasteiger partial charge is 0.191 e.